The number of carbonyl (C=O) groups excluding carboxylic acids is 1. The first kappa shape index (κ1) is 17.3. The van der Waals surface area contributed by atoms with E-state index in [1.807, 2.05) is 16.3 Å². The van der Waals surface area contributed by atoms with E-state index in [1.165, 1.54) is 0 Å². The zero-order valence-corrected chi connectivity index (χ0v) is 15.9. The van der Waals surface area contributed by atoms with Gasteiger partial charge in [-0.1, -0.05) is 6.92 Å². The minimum Gasteiger partial charge on any atom is -0.368 e. The summed E-state index contributed by atoms with van der Waals surface area (Å²) in [4.78, 5) is 21.6. The molecule has 140 valence electrons. The van der Waals surface area contributed by atoms with Crippen molar-refractivity contribution in [1.29, 1.82) is 0 Å². The van der Waals surface area contributed by atoms with Crippen LogP contribution in [0.4, 0.5) is 5.82 Å². The van der Waals surface area contributed by atoms with Crippen LogP contribution in [0, 0.1) is 13.8 Å². The molecule has 0 bridgehead atoms. The maximum atomic E-state index is 12.6. The average Bonchev–Trinajstić information content (AvgIpc) is 3.30. The van der Waals surface area contributed by atoms with Crippen molar-refractivity contribution in [3.63, 3.8) is 0 Å². The van der Waals surface area contributed by atoms with Crippen LogP contribution in [0.15, 0.2) is 6.07 Å². The molecule has 0 aliphatic carbocycles. The summed E-state index contributed by atoms with van der Waals surface area (Å²) < 4.78 is 7.52. The third-order valence-electron chi connectivity index (χ3n) is 5.57. The molecule has 1 atom stereocenters. The molecule has 2 saturated heterocycles. The number of aryl methyl sites for hydroxylation is 3. The van der Waals surface area contributed by atoms with Crippen molar-refractivity contribution in [2.45, 2.75) is 46.1 Å². The lowest BCUT2D eigenvalue weighted by molar-refractivity contribution is -0.141. The van der Waals surface area contributed by atoms with Gasteiger partial charge in [0, 0.05) is 50.1 Å². The van der Waals surface area contributed by atoms with Crippen LogP contribution in [0.25, 0.3) is 5.65 Å². The number of nitrogens with zero attached hydrogens (tertiary/aromatic N) is 5. The summed E-state index contributed by atoms with van der Waals surface area (Å²) in [6.45, 7) is 10.00. The molecule has 2 aromatic rings. The van der Waals surface area contributed by atoms with Crippen molar-refractivity contribution in [2.75, 3.05) is 37.7 Å². The highest BCUT2D eigenvalue weighted by molar-refractivity contribution is 5.81. The standard InChI is InChI=1S/C19H27N5O2/c1-4-15-12-17(24-18(20-15)13(2)14(3)21-24)22-7-9-23(10-8-22)19(25)16-6-5-11-26-16/h12,16H,4-11H2,1-3H3/t16-/m1/s1. The Labute approximate surface area is 153 Å². The quantitative estimate of drug-likeness (QED) is 0.837. The Bertz CT molecular complexity index is 817. The van der Waals surface area contributed by atoms with Crippen LogP contribution in [0.2, 0.25) is 0 Å². The molecule has 0 N–H and O–H groups in total. The Morgan fingerprint density at radius 2 is 2.04 bits per heavy atom. The molecule has 7 nitrogen and oxygen atoms in total. The molecule has 2 fully saturated rings. The molecule has 4 heterocycles. The predicted octanol–water partition coefficient (Wildman–Crippen LogP) is 1.74. The van der Waals surface area contributed by atoms with Gasteiger partial charge in [-0.25, -0.2) is 4.98 Å². The monoisotopic (exact) mass is 357 g/mol. The molecule has 2 aliphatic rings. The van der Waals surface area contributed by atoms with Crippen LogP contribution >= 0.6 is 0 Å². The third-order valence-corrected chi connectivity index (χ3v) is 5.57. The van der Waals surface area contributed by atoms with Crippen molar-refractivity contribution in [2.24, 2.45) is 0 Å². The molecule has 0 aromatic carbocycles. The highest BCUT2D eigenvalue weighted by Gasteiger charge is 2.31. The minimum absolute atomic E-state index is 0.155. The number of hydrogen-bond acceptors (Lipinski definition) is 5. The lowest BCUT2D eigenvalue weighted by atomic mass is 10.2. The Kier molecular flexibility index (Phi) is 4.56. The van der Waals surface area contributed by atoms with E-state index in [9.17, 15) is 4.79 Å². The van der Waals surface area contributed by atoms with Gasteiger partial charge in [0.05, 0.1) is 5.69 Å². The Morgan fingerprint density at radius 1 is 1.27 bits per heavy atom. The average molecular weight is 357 g/mol. The first-order valence-corrected chi connectivity index (χ1v) is 9.59. The molecule has 7 heteroatoms. The number of aromatic nitrogens is 3. The largest absolute Gasteiger partial charge is 0.368 e. The molecule has 0 unspecified atom stereocenters. The zero-order chi connectivity index (χ0) is 18.3. The fourth-order valence-electron chi connectivity index (χ4n) is 3.80. The van der Waals surface area contributed by atoms with E-state index < -0.39 is 0 Å². The first-order chi connectivity index (χ1) is 12.6. The molecule has 1 amide bonds. The van der Waals surface area contributed by atoms with Crippen LogP contribution in [0.5, 0.6) is 0 Å². The fourth-order valence-corrected chi connectivity index (χ4v) is 3.80. The van der Waals surface area contributed by atoms with Gasteiger partial charge in [-0.3, -0.25) is 4.79 Å². The first-order valence-electron chi connectivity index (χ1n) is 9.59. The minimum atomic E-state index is -0.225. The second-order valence-electron chi connectivity index (χ2n) is 7.22. The van der Waals surface area contributed by atoms with Crippen LogP contribution < -0.4 is 4.90 Å². The smallest absolute Gasteiger partial charge is 0.251 e. The number of amides is 1. The molecule has 2 aromatic heterocycles. The van der Waals surface area contributed by atoms with E-state index >= 15 is 0 Å². The predicted molar refractivity (Wildman–Crippen MR) is 99.6 cm³/mol. The normalized spacial score (nSPS) is 21.0. The van der Waals surface area contributed by atoms with E-state index in [0.29, 0.717) is 6.61 Å². The zero-order valence-electron chi connectivity index (χ0n) is 15.9. The van der Waals surface area contributed by atoms with E-state index in [-0.39, 0.29) is 12.0 Å². The van der Waals surface area contributed by atoms with Gasteiger partial charge in [0.15, 0.2) is 5.65 Å². The molecule has 0 spiro atoms. The highest BCUT2D eigenvalue weighted by atomic mass is 16.5. The molecule has 0 saturated carbocycles. The van der Waals surface area contributed by atoms with E-state index in [4.69, 9.17) is 14.8 Å². The van der Waals surface area contributed by atoms with Gasteiger partial charge < -0.3 is 14.5 Å². The summed E-state index contributed by atoms with van der Waals surface area (Å²) in [7, 11) is 0. The molecular formula is C19H27N5O2. The number of piperazine rings is 1. The fraction of sp³-hybridized carbons (Fsp3) is 0.632. The summed E-state index contributed by atoms with van der Waals surface area (Å²) in [5.41, 5.74) is 4.16. The van der Waals surface area contributed by atoms with Crippen LogP contribution in [-0.2, 0) is 16.0 Å². The van der Waals surface area contributed by atoms with Gasteiger partial charge in [0.1, 0.15) is 11.9 Å². The highest BCUT2D eigenvalue weighted by Crippen LogP contribution is 2.23. The van der Waals surface area contributed by atoms with Crippen molar-refractivity contribution in [3.8, 4) is 0 Å². The summed E-state index contributed by atoms with van der Waals surface area (Å²) in [5, 5.41) is 4.69. The number of hydrogen-bond donors (Lipinski definition) is 0. The van der Waals surface area contributed by atoms with Crippen molar-refractivity contribution < 1.29 is 9.53 Å². The topological polar surface area (TPSA) is 63.0 Å². The van der Waals surface area contributed by atoms with Crippen molar-refractivity contribution in [1.82, 2.24) is 19.5 Å². The van der Waals surface area contributed by atoms with E-state index in [2.05, 4.69) is 24.8 Å². The van der Waals surface area contributed by atoms with Gasteiger partial charge in [-0.2, -0.15) is 9.61 Å². The van der Waals surface area contributed by atoms with Crippen LogP contribution in [-0.4, -0.2) is 64.3 Å². The van der Waals surface area contributed by atoms with Crippen LogP contribution in [0.3, 0.4) is 0 Å². The lowest BCUT2D eigenvalue weighted by Gasteiger charge is -2.37. The van der Waals surface area contributed by atoms with Gasteiger partial charge in [-0.05, 0) is 33.1 Å². The van der Waals surface area contributed by atoms with Crippen molar-refractivity contribution >= 4 is 17.4 Å². The van der Waals surface area contributed by atoms with E-state index in [0.717, 1.165) is 73.9 Å². The summed E-state index contributed by atoms with van der Waals surface area (Å²) in [6, 6.07) is 2.14. The molecule has 0 radical (unpaired) electrons. The van der Waals surface area contributed by atoms with Crippen LogP contribution in [0.1, 0.15) is 36.7 Å². The second-order valence-corrected chi connectivity index (χ2v) is 7.22. The number of carbonyl (C=O) groups is 1. The molecule has 2 aliphatic heterocycles. The second kappa shape index (κ2) is 6.87. The van der Waals surface area contributed by atoms with Gasteiger partial charge in [0.2, 0.25) is 0 Å². The van der Waals surface area contributed by atoms with Gasteiger partial charge in [-0.15, -0.1) is 0 Å². The van der Waals surface area contributed by atoms with Gasteiger partial charge in [0.25, 0.3) is 5.91 Å². The maximum Gasteiger partial charge on any atom is 0.251 e. The third kappa shape index (κ3) is 2.94. The lowest BCUT2D eigenvalue weighted by Crippen LogP contribution is -2.51. The molecule has 26 heavy (non-hydrogen) atoms. The van der Waals surface area contributed by atoms with Crippen molar-refractivity contribution in [3.05, 3.63) is 23.0 Å². The number of anilines is 1. The maximum absolute atomic E-state index is 12.6. The summed E-state index contributed by atoms with van der Waals surface area (Å²) >= 11 is 0. The van der Waals surface area contributed by atoms with Gasteiger partial charge >= 0.3 is 0 Å². The van der Waals surface area contributed by atoms with E-state index in [1.54, 1.807) is 0 Å². The molecule has 4 rings (SSSR count). The Morgan fingerprint density at radius 3 is 2.69 bits per heavy atom. The number of rotatable bonds is 3. The Hall–Kier alpha value is -2.15. The molecular weight excluding hydrogens is 330 g/mol. The number of fused-ring (bicyclic) bond motifs is 1. The summed E-state index contributed by atoms with van der Waals surface area (Å²) in [6.07, 6.45) is 2.51. The SMILES string of the molecule is CCc1cc(N2CCN(C(=O)[C@H]3CCCO3)CC2)n2nc(C)c(C)c2n1. The summed E-state index contributed by atoms with van der Waals surface area (Å²) in [5.74, 6) is 1.23. The number of ether oxygens (including phenoxy) is 1. The Balaban J connectivity index is 1.55.